The summed E-state index contributed by atoms with van der Waals surface area (Å²) >= 11 is 0. The van der Waals surface area contributed by atoms with Gasteiger partial charge in [-0.3, -0.25) is 0 Å². The van der Waals surface area contributed by atoms with E-state index >= 15 is 0 Å². The zero-order chi connectivity index (χ0) is 71.2. The molecule has 452 valence electrons. The van der Waals surface area contributed by atoms with Crippen molar-refractivity contribution in [2.24, 2.45) is 0 Å². The summed E-state index contributed by atoms with van der Waals surface area (Å²) in [5.74, 6) is 3.08. The molecule has 11 nitrogen and oxygen atoms in total. The van der Waals surface area contributed by atoms with Crippen molar-refractivity contribution in [3.05, 3.63) is 306 Å². The van der Waals surface area contributed by atoms with Gasteiger partial charge in [-0.1, -0.05) is 121 Å². The number of hydrogen-bond acceptors (Lipinski definition) is 9. The zero-order valence-corrected chi connectivity index (χ0v) is 50.4. The number of nitrogens with zero attached hydrogens (tertiary/aromatic N) is 2. The van der Waals surface area contributed by atoms with E-state index in [4.69, 9.17) is 40.7 Å². The first-order valence-electron chi connectivity index (χ1n) is 34.6. The monoisotopic (exact) mass is 1210 g/mol. The maximum absolute atomic E-state index is 7.00. The normalized spacial score (nSPS) is 11.2. The highest BCUT2D eigenvalue weighted by Crippen LogP contribution is 2.38. The van der Waals surface area contributed by atoms with Crippen molar-refractivity contribution in [2.45, 2.75) is 0 Å². The standard InChI is InChI=1S/2C38H26N4O.CH4O.2CH3.BH.5H2/c2*1-5-13-33-29(9-1)37(30-10-2-6-14-34(30)41-33)39-25-17-21-27(22-18-25)43-28-23-19-26(20-24-28)40-38-31-11-3-7-15-35(31)42-36-16-8-4-12-32(36)38;1-2;;;;;;;;/h2*1-24H,(H,39,41)(H,40,42);2H,1H3;2*1H3;6*1H/q;;;2*-1;;;;;;/p+2/i;;;;;1D;5*1+1D. The second-order valence-electron chi connectivity index (χ2n) is 21.0. The fourth-order valence-electron chi connectivity index (χ4n) is 11.3. The minimum atomic E-state index is 0. The van der Waals surface area contributed by atoms with Gasteiger partial charge in [0.25, 0.3) is 0 Å². The Morgan fingerprint density at radius 3 is 0.714 bits per heavy atom. The summed E-state index contributed by atoms with van der Waals surface area (Å²) in [6.45, 7) is 0. The number of ether oxygens (including phenoxy) is 2. The van der Waals surface area contributed by atoms with Gasteiger partial charge in [-0.25, -0.2) is 19.9 Å². The van der Waals surface area contributed by atoms with Crippen molar-refractivity contribution in [1.82, 2.24) is 9.97 Å². The Balaban J connectivity index is 0.000000270. The van der Waals surface area contributed by atoms with Crippen molar-refractivity contribution in [2.75, 3.05) is 28.4 Å². The molecule has 0 saturated heterocycles. The Hall–Kier alpha value is -11.9. The molecule has 2 radical (unpaired) electrons. The second-order valence-corrected chi connectivity index (χ2v) is 21.0. The van der Waals surface area contributed by atoms with E-state index in [1.165, 1.54) is 0 Å². The number of aliphatic hydroxyl groups is 1. The van der Waals surface area contributed by atoms with Gasteiger partial charge in [0.2, 0.25) is 22.1 Å². The lowest BCUT2D eigenvalue weighted by Gasteiger charge is -2.14. The van der Waals surface area contributed by atoms with Gasteiger partial charge in [0.15, 0.2) is 0 Å². The highest BCUT2D eigenvalue weighted by molar-refractivity contribution is 6.11. The van der Waals surface area contributed by atoms with Crippen LogP contribution in [0.2, 0.25) is 0 Å². The van der Waals surface area contributed by atoms with E-state index in [1.54, 1.807) is 0 Å². The first-order chi connectivity index (χ1) is 49.6. The smallest absolute Gasteiger partial charge is 0.213 e. The quantitative estimate of drug-likeness (QED) is 0.0459. The first-order valence-corrected chi connectivity index (χ1v) is 29.1. The molecule has 4 heterocycles. The lowest BCUT2D eigenvalue weighted by atomic mass is 10.1. The summed E-state index contributed by atoms with van der Waals surface area (Å²) in [7, 11) is 4.75. The third kappa shape index (κ3) is 12.8. The highest BCUT2D eigenvalue weighted by atomic mass is 16.5. The number of aliphatic hydroxyl groups excluding tert-OH is 1. The molecule has 0 aliphatic rings. The fourth-order valence-corrected chi connectivity index (χ4v) is 11.3. The largest absolute Gasteiger partial charge is 0.457 e. The predicted molar refractivity (Wildman–Crippen MR) is 392 cm³/mol. The van der Waals surface area contributed by atoms with Crippen molar-refractivity contribution in [3.63, 3.8) is 0 Å². The van der Waals surface area contributed by atoms with E-state index in [1.807, 2.05) is 170 Å². The molecule has 7 N–H and O–H groups in total. The minimum Gasteiger partial charge on any atom is -0.457 e. The van der Waals surface area contributed by atoms with Gasteiger partial charge in [-0.15, -0.1) is 0 Å². The molecule has 0 spiro atoms. The lowest BCUT2D eigenvalue weighted by Crippen LogP contribution is -2.07. The van der Waals surface area contributed by atoms with Crippen molar-refractivity contribution in [3.8, 4) is 23.0 Å². The van der Waals surface area contributed by atoms with E-state index < -0.39 is 0 Å². The average Bonchev–Trinajstić information content (AvgIpc) is 0.796. The third-order valence-electron chi connectivity index (χ3n) is 15.5. The van der Waals surface area contributed by atoms with E-state index in [0.29, 0.717) is 0 Å². The predicted octanol–water partition coefficient (Wildman–Crippen LogP) is 20.7. The SMILES string of the molecule is CO.[2H][2H].[2H][2H].[2H][2H].[2H][2H].[2H][2H].[2H][B].[CH3-].[CH3-].c1ccc2c(Nc3ccc(Oc4ccc(Nc5c6ccccc6[nH+]c6ccccc56)cc4)cc3)c3ccccc3[nH+]c2c1.c1ccc2c(Nc3ccc(Oc4ccc(Nc5c6ccccc6nc6ccccc56)cc4)cc3)c3ccccc3nc2c1. The highest BCUT2D eigenvalue weighted by Gasteiger charge is 2.17. The Morgan fingerprint density at radius 1 is 0.297 bits per heavy atom. The molecule has 4 aromatic heterocycles. The molecule has 16 aromatic rings. The van der Waals surface area contributed by atoms with Gasteiger partial charge in [-0.05, 0) is 147 Å². The summed E-state index contributed by atoms with van der Waals surface area (Å²) in [6.07, 6.45) is 0. The zero-order valence-electron chi connectivity index (χ0n) is 61.4. The maximum atomic E-state index is 7.00. The molecule has 0 bridgehead atoms. The van der Waals surface area contributed by atoms with Crippen LogP contribution >= 0.6 is 0 Å². The second kappa shape index (κ2) is 27.5. The van der Waals surface area contributed by atoms with Crippen LogP contribution in [0.1, 0.15) is 14.8 Å². The van der Waals surface area contributed by atoms with Gasteiger partial charge in [-0.2, -0.15) is 0 Å². The van der Waals surface area contributed by atoms with E-state index in [9.17, 15) is 0 Å². The number of nitrogens with one attached hydrogen (secondary N) is 6. The maximum Gasteiger partial charge on any atom is 0.213 e. The summed E-state index contributed by atoms with van der Waals surface area (Å²) in [5.41, 5.74) is 16.4. The van der Waals surface area contributed by atoms with Gasteiger partial charge in [0.05, 0.1) is 66.4 Å². The molecule has 0 amide bonds. The topological polar surface area (TPSA) is 141 Å². The molecule has 91 heavy (non-hydrogen) atoms. The fraction of sp³-hybridized carbons (Fsp3) is 0.0127. The van der Waals surface area contributed by atoms with Crippen LogP contribution in [-0.4, -0.2) is 31.9 Å². The first kappa shape index (κ1) is 53.4. The summed E-state index contributed by atoms with van der Waals surface area (Å²) < 4.78 is 67.6. The Labute approximate surface area is 547 Å². The molecule has 0 fully saturated rings. The number of anilines is 8. The Bertz CT molecular complexity index is 4370. The summed E-state index contributed by atoms with van der Waals surface area (Å²) in [5, 5.41) is 30.5. The number of aromatic nitrogens is 4. The number of benzene rings is 12. The molecular weight excluding hydrogens is 1120 g/mol. The van der Waals surface area contributed by atoms with Crippen molar-refractivity contribution >= 4 is 141 Å². The van der Waals surface area contributed by atoms with Gasteiger partial charge in [0.1, 0.15) is 23.0 Å². The molecule has 0 aliphatic carbocycles. The van der Waals surface area contributed by atoms with Crippen molar-refractivity contribution in [1.29, 1.82) is 1.34 Å². The molecule has 0 unspecified atom stereocenters. The van der Waals surface area contributed by atoms with Crippen LogP contribution < -0.4 is 40.7 Å². The number of hydrogen-bond donors (Lipinski definition) is 5. The number of H-pyrrole nitrogens is 2. The van der Waals surface area contributed by atoms with E-state index in [2.05, 4.69) is 161 Å². The van der Waals surface area contributed by atoms with Crippen LogP contribution in [0.5, 0.6) is 23.0 Å². The number of aromatic amines is 2. The van der Waals surface area contributed by atoms with Gasteiger partial charge < -0.3 is 50.7 Å². The average molecular weight is 1210 g/mol. The van der Waals surface area contributed by atoms with Crippen LogP contribution in [0, 0.1) is 14.9 Å². The Morgan fingerprint density at radius 2 is 0.484 bits per heavy atom. The van der Waals surface area contributed by atoms with Crippen LogP contribution in [0.4, 0.5) is 45.5 Å². The van der Waals surface area contributed by atoms with Gasteiger partial charge in [0, 0.05) is 98.9 Å². The molecule has 0 saturated carbocycles. The molecule has 0 aliphatic heterocycles. The van der Waals surface area contributed by atoms with E-state index in [0.717, 1.165) is 163 Å². The number of fused-ring (bicyclic) bond motifs is 8. The van der Waals surface area contributed by atoms with Crippen LogP contribution in [0.25, 0.3) is 87.2 Å². The molecule has 12 aromatic carbocycles. The van der Waals surface area contributed by atoms with Crippen LogP contribution in [0.3, 0.4) is 0 Å². The molecular formula is C79H75BN8O3. The molecule has 16 rings (SSSR count). The number of pyridine rings is 4. The van der Waals surface area contributed by atoms with Crippen LogP contribution in [-0.2, 0) is 0 Å². The number of para-hydroxylation sites is 8. The van der Waals surface area contributed by atoms with E-state index in [-0.39, 0.29) is 14.9 Å². The van der Waals surface area contributed by atoms with Crippen LogP contribution in [0.15, 0.2) is 291 Å². The molecule has 12 heteroatoms. The van der Waals surface area contributed by atoms with Crippen molar-refractivity contribution < 1.29 is 39.4 Å². The Kier molecular flexibility index (Phi) is 16.1. The van der Waals surface area contributed by atoms with Gasteiger partial charge >= 0.3 is 0 Å². The lowest BCUT2D eigenvalue weighted by molar-refractivity contribution is -0.310. The third-order valence-corrected chi connectivity index (χ3v) is 15.5. The summed E-state index contributed by atoms with van der Waals surface area (Å²) in [6, 6.07) is 98.5. The minimum absolute atomic E-state index is 0. The molecule has 0 atom stereocenters. The number of rotatable bonds is 12. The summed E-state index contributed by atoms with van der Waals surface area (Å²) in [4.78, 5) is 16.7.